The highest BCUT2D eigenvalue weighted by molar-refractivity contribution is 5.84. The summed E-state index contributed by atoms with van der Waals surface area (Å²) in [6.07, 6.45) is 0. The number of ether oxygens (including phenoxy) is 1. The third-order valence-corrected chi connectivity index (χ3v) is 1.90. The Morgan fingerprint density at radius 3 is 2.65 bits per heavy atom. The zero-order valence-corrected chi connectivity index (χ0v) is 8.31. The zero-order valence-electron chi connectivity index (χ0n) is 8.31. The van der Waals surface area contributed by atoms with Crippen molar-refractivity contribution < 1.29 is 27.8 Å². The van der Waals surface area contributed by atoms with Crippen molar-refractivity contribution in [2.75, 3.05) is 0 Å². The number of carboxylic acids is 1. The first-order valence-electron chi connectivity index (χ1n) is 4.52. The number of rotatable bonds is 3. The number of hydrogen-bond acceptors (Lipinski definition) is 3. The average Bonchev–Trinajstić information content (AvgIpc) is 2.72. The largest absolute Gasteiger partial charge is 0.475 e. The summed E-state index contributed by atoms with van der Waals surface area (Å²) in [4.78, 5) is 10.5. The Labute approximate surface area is 94.0 Å². The number of hydrogen-bond donors (Lipinski definition) is 1. The van der Waals surface area contributed by atoms with E-state index >= 15 is 0 Å². The molecule has 0 unspecified atom stereocenters. The number of halogens is 2. The van der Waals surface area contributed by atoms with Crippen LogP contribution in [0.2, 0.25) is 0 Å². The van der Waals surface area contributed by atoms with Crippen LogP contribution in [0.15, 0.2) is 34.7 Å². The fourth-order valence-electron chi connectivity index (χ4n) is 1.15. The van der Waals surface area contributed by atoms with Gasteiger partial charge >= 0.3 is 5.97 Å². The summed E-state index contributed by atoms with van der Waals surface area (Å²) in [6.45, 7) is 0. The molecule has 2 rings (SSSR count). The van der Waals surface area contributed by atoms with Crippen LogP contribution < -0.4 is 4.74 Å². The summed E-state index contributed by atoms with van der Waals surface area (Å²) in [6, 6.07) is 5.01. The highest BCUT2D eigenvalue weighted by Gasteiger charge is 2.12. The molecule has 0 saturated heterocycles. The molecule has 0 aliphatic carbocycles. The Balaban J connectivity index is 2.25. The van der Waals surface area contributed by atoms with E-state index in [2.05, 4.69) is 0 Å². The molecule has 4 nitrogen and oxygen atoms in total. The molecule has 17 heavy (non-hydrogen) atoms. The van der Waals surface area contributed by atoms with Crippen LogP contribution in [0.4, 0.5) is 8.78 Å². The standard InChI is InChI=1S/C11H6F2O4/c12-6-1-2-7(13)9(5-6)17-10-4-3-8(16-10)11(14)15/h1-5H,(H,14,15). The third-order valence-electron chi connectivity index (χ3n) is 1.90. The highest BCUT2D eigenvalue weighted by Crippen LogP contribution is 2.26. The van der Waals surface area contributed by atoms with E-state index in [9.17, 15) is 13.6 Å². The molecule has 0 atom stereocenters. The normalized spacial score (nSPS) is 10.2. The van der Waals surface area contributed by atoms with E-state index in [0.717, 1.165) is 24.3 Å². The van der Waals surface area contributed by atoms with Crippen LogP contribution in [0.25, 0.3) is 0 Å². The molecule has 0 aliphatic rings. The topological polar surface area (TPSA) is 59.7 Å². The van der Waals surface area contributed by atoms with Crippen molar-refractivity contribution in [3.05, 3.63) is 47.7 Å². The van der Waals surface area contributed by atoms with Crippen LogP contribution in [0, 0.1) is 11.6 Å². The summed E-state index contributed by atoms with van der Waals surface area (Å²) >= 11 is 0. The van der Waals surface area contributed by atoms with Gasteiger partial charge in [-0.05, 0) is 18.2 Å². The molecule has 0 aliphatic heterocycles. The lowest BCUT2D eigenvalue weighted by Crippen LogP contribution is -1.92. The summed E-state index contributed by atoms with van der Waals surface area (Å²) in [5.74, 6) is -3.69. The Morgan fingerprint density at radius 1 is 1.24 bits per heavy atom. The van der Waals surface area contributed by atoms with Gasteiger partial charge in [0.15, 0.2) is 11.6 Å². The molecule has 1 aromatic heterocycles. The summed E-state index contributed by atoms with van der Waals surface area (Å²) in [5.41, 5.74) is 0. The Morgan fingerprint density at radius 2 is 2.00 bits per heavy atom. The third kappa shape index (κ3) is 2.41. The maximum absolute atomic E-state index is 13.2. The molecule has 2 aromatic rings. The van der Waals surface area contributed by atoms with Gasteiger partial charge in [0.1, 0.15) is 5.82 Å². The molecule has 0 radical (unpaired) electrons. The Bertz CT molecular complexity index is 562. The minimum atomic E-state index is -1.28. The minimum absolute atomic E-state index is 0.230. The van der Waals surface area contributed by atoms with Crippen molar-refractivity contribution in [2.24, 2.45) is 0 Å². The first-order valence-corrected chi connectivity index (χ1v) is 4.52. The summed E-state index contributed by atoms with van der Waals surface area (Å²) < 4.78 is 35.6. The van der Waals surface area contributed by atoms with Crippen LogP contribution in [-0.2, 0) is 0 Å². The lowest BCUT2D eigenvalue weighted by molar-refractivity contribution is 0.0657. The molecule has 0 fully saturated rings. The van der Waals surface area contributed by atoms with Crippen molar-refractivity contribution in [1.82, 2.24) is 0 Å². The van der Waals surface area contributed by atoms with Gasteiger partial charge in [0.25, 0.3) is 5.95 Å². The minimum Gasteiger partial charge on any atom is -0.475 e. The number of aromatic carboxylic acids is 1. The molecule has 6 heteroatoms. The van der Waals surface area contributed by atoms with E-state index in [1.165, 1.54) is 6.07 Å². The maximum atomic E-state index is 13.2. The summed E-state index contributed by atoms with van der Waals surface area (Å²) in [7, 11) is 0. The highest BCUT2D eigenvalue weighted by atomic mass is 19.1. The van der Waals surface area contributed by atoms with Crippen molar-refractivity contribution in [3.8, 4) is 11.7 Å². The maximum Gasteiger partial charge on any atom is 0.371 e. The predicted molar refractivity (Wildman–Crippen MR) is 52.1 cm³/mol. The molecular weight excluding hydrogens is 234 g/mol. The SMILES string of the molecule is O=C(O)c1ccc(Oc2cc(F)ccc2F)o1. The fraction of sp³-hybridized carbons (Fsp3) is 0. The van der Waals surface area contributed by atoms with Gasteiger partial charge in [0, 0.05) is 12.1 Å². The molecule has 88 valence electrons. The van der Waals surface area contributed by atoms with Crippen molar-refractivity contribution >= 4 is 5.97 Å². The van der Waals surface area contributed by atoms with Gasteiger partial charge in [-0.15, -0.1) is 0 Å². The van der Waals surface area contributed by atoms with Gasteiger partial charge < -0.3 is 14.3 Å². The predicted octanol–water partition coefficient (Wildman–Crippen LogP) is 3.05. The molecule has 0 spiro atoms. The van der Waals surface area contributed by atoms with Crippen molar-refractivity contribution in [3.63, 3.8) is 0 Å². The Hall–Kier alpha value is -2.37. The number of carboxylic acid groups (broad SMARTS) is 1. The number of benzene rings is 1. The van der Waals surface area contributed by atoms with E-state index in [0.29, 0.717) is 0 Å². The molecule has 0 amide bonds. The molecule has 1 N–H and O–H groups in total. The number of furan rings is 1. The summed E-state index contributed by atoms with van der Waals surface area (Å²) in [5, 5.41) is 8.58. The van der Waals surface area contributed by atoms with Crippen LogP contribution in [0.3, 0.4) is 0 Å². The molecular formula is C11H6F2O4. The Kier molecular flexibility index (Phi) is 2.78. The monoisotopic (exact) mass is 240 g/mol. The molecule has 0 bridgehead atoms. The second-order valence-electron chi connectivity index (χ2n) is 3.10. The van der Waals surface area contributed by atoms with E-state index in [1.54, 1.807) is 0 Å². The lowest BCUT2D eigenvalue weighted by Gasteiger charge is -2.02. The molecule has 0 saturated carbocycles. The van der Waals surface area contributed by atoms with Gasteiger partial charge in [-0.2, -0.15) is 0 Å². The van der Waals surface area contributed by atoms with Gasteiger partial charge in [-0.1, -0.05) is 0 Å². The smallest absolute Gasteiger partial charge is 0.371 e. The van der Waals surface area contributed by atoms with Gasteiger partial charge in [0.2, 0.25) is 5.76 Å². The van der Waals surface area contributed by atoms with Crippen LogP contribution in [0.5, 0.6) is 11.7 Å². The zero-order chi connectivity index (χ0) is 12.4. The van der Waals surface area contributed by atoms with E-state index in [4.69, 9.17) is 14.3 Å². The van der Waals surface area contributed by atoms with Crippen molar-refractivity contribution in [1.29, 1.82) is 0 Å². The van der Waals surface area contributed by atoms with E-state index in [1.807, 2.05) is 0 Å². The average molecular weight is 240 g/mol. The lowest BCUT2D eigenvalue weighted by atomic mass is 10.3. The van der Waals surface area contributed by atoms with Crippen LogP contribution in [0.1, 0.15) is 10.6 Å². The first kappa shape index (κ1) is 11.1. The van der Waals surface area contributed by atoms with Gasteiger partial charge in [-0.3, -0.25) is 0 Å². The molecule has 1 aromatic carbocycles. The van der Waals surface area contributed by atoms with E-state index in [-0.39, 0.29) is 17.5 Å². The van der Waals surface area contributed by atoms with Crippen LogP contribution in [-0.4, -0.2) is 11.1 Å². The van der Waals surface area contributed by atoms with E-state index < -0.39 is 17.6 Å². The quantitative estimate of drug-likeness (QED) is 0.895. The second kappa shape index (κ2) is 4.25. The number of carbonyl (C=O) groups is 1. The second-order valence-corrected chi connectivity index (χ2v) is 3.10. The molecule has 1 heterocycles. The first-order chi connectivity index (χ1) is 8.06. The van der Waals surface area contributed by atoms with Gasteiger partial charge in [0.05, 0.1) is 0 Å². The van der Waals surface area contributed by atoms with Crippen LogP contribution >= 0.6 is 0 Å². The fourth-order valence-corrected chi connectivity index (χ4v) is 1.15. The van der Waals surface area contributed by atoms with Crippen molar-refractivity contribution in [2.45, 2.75) is 0 Å². The van der Waals surface area contributed by atoms with Gasteiger partial charge in [-0.25, -0.2) is 13.6 Å².